The van der Waals surface area contributed by atoms with Gasteiger partial charge in [0.05, 0.1) is 18.4 Å². The summed E-state index contributed by atoms with van der Waals surface area (Å²) in [4.78, 5) is 21.2. The number of hydrogen-bond donors (Lipinski definition) is 3. The highest BCUT2D eigenvalue weighted by Gasteiger charge is 2.25. The van der Waals surface area contributed by atoms with E-state index in [0.29, 0.717) is 41.7 Å². The molecule has 1 fully saturated rings. The fraction of sp³-hybridized carbons (Fsp3) is 0.412. The normalized spacial score (nSPS) is 14.8. The van der Waals surface area contributed by atoms with Gasteiger partial charge < -0.3 is 10.6 Å². The summed E-state index contributed by atoms with van der Waals surface area (Å²) in [5.74, 6) is 2.67. The van der Waals surface area contributed by atoms with Crippen molar-refractivity contribution >= 4 is 17.7 Å². The molecule has 3 N–H and O–H groups in total. The molecule has 1 atom stereocenters. The first-order valence-corrected chi connectivity index (χ1v) is 8.92. The van der Waals surface area contributed by atoms with Crippen LogP contribution < -0.4 is 10.6 Å². The zero-order chi connectivity index (χ0) is 18.8. The number of nitrogens with zero attached hydrogens (tertiary/aromatic N) is 6. The highest BCUT2D eigenvalue weighted by Crippen LogP contribution is 2.39. The van der Waals surface area contributed by atoms with E-state index in [2.05, 4.69) is 45.8 Å². The number of rotatable bonds is 7. The largest absolute Gasteiger partial charge is 0.344 e. The van der Waals surface area contributed by atoms with Gasteiger partial charge in [0, 0.05) is 24.1 Å². The first-order chi connectivity index (χ1) is 13.1. The zero-order valence-corrected chi connectivity index (χ0v) is 15.1. The Labute approximate surface area is 155 Å². The van der Waals surface area contributed by atoms with Crippen molar-refractivity contribution < 1.29 is 4.39 Å². The summed E-state index contributed by atoms with van der Waals surface area (Å²) in [6.07, 6.45) is 5.32. The van der Waals surface area contributed by atoms with Crippen LogP contribution in [0.4, 0.5) is 22.1 Å². The molecule has 10 heteroatoms. The van der Waals surface area contributed by atoms with Crippen LogP contribution in [-0.4, -0.2) is 35.1 Å². The van der Waals surface area contributed by atoms with Gasteiger partial charge in [0.15, 0.2) is 11.6 Å². The maximum absolute atomic E-state index is 13.0. The number of nitrogens with one attached hydrogen (secondary N) is 3. The van der Waals surface area contributed by atoms with Gasteiger partial charge in [-0.1, -0.05) is 6.92 Å². The predicted molar refractivity (Wildman–Crippen MR) is 97.1 cm³/mol. The van der Waals surface area contributed by atoms with E-state index in [4.69, 9.17) is 0 Å². The number of aromatic amines is 1. The van der Waals surface area contributed by atoms with Gasteiger partial charge in [-0.15, -0.1) is 0 Å². The number of H-pyrrole nitrogens is 1. The van der Waals surface area contributed by atoms with Crippen molar-refractivity contribution in [1.29, 1.82) is 0 Å². The average molecular weight is 369 g/mol. The Hall–Kier alpha value is -3.17. The Bertz CT molecular complexity index is 920. The lowest BCUT2D eigenvalue weighted by molar-refractivity contribution is 0.604. The molecule has 3 heterocycles. The monoisotopic (exact) mass is 369 g/mol. The molecule has 1 aliphatic carbocycles. The molecule has 1 saturated carbocycles. The molecule has 1 unspecified atom stereocenters. The fourth-order valence-electron chi connectivity index (χ4n) is 2.62. The van der Waals surface area contributed by atoms with Crippen LogP contribution in [-0.2, 0) is 6.42 Å². The van der Waals surface area contributed by atoms with E-state index in [9.17, 15) is 4.39 Å². The topological polar surface area (TPSA) is 117 Å². The van der Waals surface area contributed by atoms with Crippen LogP contribution in [0.1, 0.15) is 56.0 Å². The minimum Gasteiger partial charge on any atom is -0.344 e. The molecule has 1 aliphatic rings. The summed E-state index contributed by atoms with van der Waals surface area (Å²) in [7, 11) is 0. The minimum atomic E-state index is -0.476. The molecule has 0 amide bonds. The molecule has 0 saturated heterocycles. The van der Waals surface area contributed by atoms with Crippen LogP contribution >= 0.6 is 0 Å². The van der Waals surface area contributed by atoms with Crippen molar-refractivity contribution in [2.75, 3.05) is 10.6 Å². The van der Waals surface area contributed by atoms with Crippen LogP contribution in [0, 0.1) is 5.82 Å². The van der Waals surface area contributed by atoms with Crippen molar-refractivity contribution in [3.05, 3.63) is 41.6 Å². The van der Waals surface area contributed by atoms with Crippen molar-refractivity contribution in [1.82, 2.24) is 35.1 Å². The van der Waals surface area contributed by atoms with Gasteiger partial charge in [-0.05, 0) is 19.8 Å². The molecule has 140 valence electrons. The molecular weight excluding hydrogens is 349 g/mol. The number of hydrogen-bond acceptors (Lipinski definition) is 8. The molecular formula is C17H20FN9. The summed E-state index contributed by atoms with van der Waals surface area (Å²) in [6, 6.07) is 1.69. The summed E-state index contributed by atoms with van der Waals surface area (Å²) in [5.41, 5.74) is 1.13. The van der Waals surface area contributed by atoms with Gasteiger partial charge in [0.25, 0.3) is 0 Å². The van der Waals surface area contributed by atoms with Crippen LogP contribution in [0.5, 0.6) is 0 Å². The second kappa shape index (κ2) is 7.22. The SMILES string of the molecule is CCc1nc(Nc2cc(C3CC3)[nH]n2)nc(NC(C)c2ncc(F)cn2)n1. The highest BCUT2D eigenvalue weighted by molar-refractivity contribution is 5.50. The molecule has 9 nitrogen and oxygen atoms in total. The number of aryl methyl sites for hydroxylation is 1. The lowest BCUT2D eigenvalue weighted by atomic mass is 10.3. The molecule has 27 heavy (non-hydrogen) atoms. The molecule has 0 radical (unpaired) electrons. The quantitative estimate of drug-likeness (QED) is 0.582. The molecule has 4 rings (SSSR count). The molecule has 0 spiro atoms. The van der Waals surface area contributed by atoms with Crippen LogP contribution in [0.2, 0.25) is 0 Å². The van der Waals surface area contributed by atoms with E-state index < -0.39 is 5.82 Å². The fourth-order valence-corrected chi connectivity index (χ4v) is 2.62. The van der Waals surface area contributed by atoms with Crippen LogP contribution in [0.25, 0.3) is 0 Å². The van der Waals surface area contributed by atoms with Gasteiger partial charge in [-0.25, -0.2) is 14.4 Å². The minimum absolute atomic E-state index is 0.294. The third-order valence-corrected chi connectivity index (χ3v) is 4.23. The van der Waals surface area contributed by atoms with E-state index in [0.717, 1.165) is 18.1 Å². The number of aromatic nitrogens is 7. The second-order valence-electron chi connectivity index (χ2n) is 6.49. The van der Waals surface area contributed by atoms with Crippen LogP contribution in [0.15, 0.2) is 18.5 Å². The maximum Gasteiger partial charge on any atom is 0.233 e. The van der Waals surface area contributed by atoms with Gasteiger partial charge in [-0.2, -0.15) is 20.1 Å². The van der Waals surface area contributed by atoms with Gasteiger partial charge >= 0.3 is 0 Å². The summed E-state index contributed by atoms with van der Waals surface area (Å²) in [6.45, 7) is 3.82. The number of anilines is 3. The Balaban J connectivity index is 1.51. The Morgan fingerprint density at radius 1 is 1.19 bits per heavy atom. The molecule has 3 aromatic rings. The van der Waals surface area contributed by atoms with E-state index in [-0.39, 0.29) is 6.04 Å². The smallest absolute Gasteiger partial charge is 0.233 e. The van der Waals surface area contributed by atoms with E-state index in [1.807, 2.05) is 19.9 Å². The van der Waals surface area contributed by atoms with Crippen molar-refractivity contribution in [3.8, 4) is 0 Å². The maximum atomic E-state index is 13.0. The summed E-state index contributed by atoms with van der Waals surface area (Å²) < 4.78 is 13.0. The van der Waals surface area contributed by atoms with Crippen molar-refractivity contribution in [2.45, 2.75) is 45.1 Å². The Morgan fingerprint density at radius 2 is 1.93 bits per heavy atom. The van der Waals surface area contributed by atoms with Gasteiger partial charge in [-0.3, -0.25) is 5.10 Å². The predicted octanol–water partition coefficient (Wildman–Crippen LogP) is 2.88. The first kappa shape index (κ1) is 17.3. The zero-order valence-electron chi connectivity index (χ0n) is 15.1. The van der Waals surface area contributed by atoms with Crippen LogP contribution in [0.3, 0.4) is 0 Å². The lowest BCUT2D eigenvalue weighted by Crippen LogP contribution is -2.15. The summed E-state index contributed by atoms with van der Waals surface area (Å²) >= 11 is 0. The molecule has 3 aromatic heterocycles. The third kappa shape index (κ3) is 4.15. The lowest BCUT2D eigenvalue weighted by Gasteiger charge is -2.13. The summed E-state index contributed by atoms with van der Waals surface area (Å²) in [5, 5.41) is 13.6. The molecule has 0 bridgehead atoms. The van der Waals surface area contributed by atoms with E-state index >= 15 is 0 Å². The second-order valence-corrected chi connectivity index (χ2v) is 6.49. The first-order valence-electron chi connectivity index (χ1n) is 8.92. The molecule has 0 aliphatic heterocycles. The van der Waals surface area contributed by atoms with Crippen molar-refractivity contribution in [3.63, 3.8) is 0 Å². The Morgan fingerprint density at radius 3 is 2.63 bits per heavy atom. The third-order valence-electron chi connectivity index (χ3n) is 4.23. The van der Waals surface area contributed by atoms with Gasteiger partial charge in [0.2, 0.25) is 11.9 Å². The molecule has 0 aromatic carbocycles. The van der Waals surface area contributed by atoms with Gasteiger partial charge in [0.1, 0.15) is 11.6 Å². The van der Waals surface area contributed by atoms with E-state index in [1.54, 1.807) is 0 Å². The Kier molecular flexibility index (Phi) is 4.61. The standard InChI is InChI=1S/C17H20FN9/c1-3-13-22-16(21-9(2)15-19-7-11(18)8-20-15)25-17(23-13)24-14-6-12(26-27-14)10-4-5-10/h6-10H,3-5H2,1-2H3,(H3,21,22,23,24,25,26,27). The van der Waals surface area contributed by atoms with E-state index in [1.165, 1.54) is 12.8 Å². The average Bonchev–Trinajstić information content (AvgIpc) is 3.41. The number of halogens is 1. The highest BCUT2D eigenvalue weighted by atomic mass is 19.1. The van der Waals surface area contributed by atoms with Crippen molar-refractivity contribution in [2.24, 2.45) is 0 Å².